The van der Waals surface area contributed by atoms with Crippen molar-refractivity contribution in [1.82, 2.24) is 15.2 Å². The first-order valence-electron chi connectivity index (χ1n) is 7.57. The molecule has 9 heteroatoms. The Kier molecular flexibility index (Phi) is 5.80. The van der Waals surface area contributed by atoms with E-state index in [1.165, 1.54) is 30.3 Å². The average molecular weight is 376 g/mol. The highest BCUT2D eigenvalue weighted by atomic mass is 32.2. The topological polar surface area (TPSA) is 79.9 Å². The van der Waals surface area contributed by atoms with Gasteiger partial charge in [0.15, 0.2) is 17.4 Å². The SMILES string of the molecule is O=C(CSc1n[nH]c(COc2ccccc2F)n1)Nc1ccccc1F. The van der Waals surface area contributed by atoms with Crippen molar-refractivity contribution in [3.05, 3.63) is 66.0 Å². The largest absolute Gasteiger partial charge is 0.483 e. The van der Waals surface area contributed by atoms with Crippen LogP contribution < -0.4 is 10.1 Å². The van der Waals surface area contributed by atoms with Crippen LogP contribution in [-0.4, -0.2) is 26.8 Å². The van der Waals surface area contributed by atoms with Gasteiger partial charge < -0.3 is 10.1 Å². The number of benzene rings is 2. The van der Waals surface area contributed by atoms with Crippen molar-refractivity contribution in [2.24, 2.45) is 0 Å². The summed E-state index contributed by atoms with van der Waals surface area (Å²) < 4.78 is 32.3. The number of para-hydroxylation sites is 2. The molecule has 0 aliphatic carbocycles. The Labute approximate surface area is 152 Å². The van der Waals surface area contributed by atoms with Crippen LogP contribution in [0.15, 0.2) is 53.7 Å². The summed E-state index contributed by atoms with van der Waals surface area (Å²) in [4.78, 5) is 16.0. The molecule has 0 saturated carbocycles. The summed E-state index contributed by atoms with van der Waals surface area (Å²) in [7, 11) is 0. The van der Waals surface area contributed by atoms with E-state index in [0.717, 1.165) is 11.8 Å². The van der Waals surface area contributed by atoms with E-state index in [9.17, 15) is 13.6 Å². The van der Waals surface area contributed by atoms with Crippen LogP contribution in [0.5, 0.6) is 5.75 Å². The molecule has 3 rings (SSSR count). The summed E-state index contributed by atoms with van der Waals surface area (Å²) in [6.07, 6.45) is 0. The van der Waals surface area contributed by atoms with Gasteiger partial charge in [-0.25, -0.2) is 13.8 Å². The van der Waals surface area contributed by atoms with Crippen LogP contribution in [0.2, 0.25) is 0 Å². The molecule has 1 aromatic heterocycles. The van der Waals surface area contributed by atoms with E-state index in [2.05, 4.69) is 20.5 Å². The fourth-order valence-electron chi connectivity index (χ4n) is 1.99. The molecule has 0 fully saturated rings. The number of amides is 1. The number of rotatable bonds is 7. The molecule has 26 heavy (non-hydrogen) atoms. The minimum Gasteiger partial charge on any atom is -0.483 e. The van der Waals surface area contributed by atoms with Gasteiger partial charge in [-0.3, -0.25) is 9.89 Å². The lowest BCUT2D eigenvalue weighted by atomic mass is 10.3. The molecule has 2 aromatic carbocycles. The van der Waals surface area contributed by atoms with E-state index in [4.69, 9.17) is 4.74 Å². The molecule has 0 unspecified atom stereocenters. The smallest absolute Gasteiger partial charge is 0.234 e. The molecule has 6 nitrogen and oxygen atoms in total. The van der Waals surface area contributed by atoms with Crippen molar-refractivity contribution in [2.75, 3.05) is 11.1 Å². The van der Waals surface area contributed by atoms with Crippen LogP contribution in [0.4, 0.5) is 14.5 Å². The van der Waals surface area contributed by atoms with Gasteiger partial charge in [-0.1, -0.05) is 36.0 Å². The van der Waals surface area contributed by atoms with Gasteiger partial charge in [0, 0.05) is 0 Å². The van der Waals surface area contributed by atoms with Gasteiger partial charge in [0.25, 0.3) is 0 Å². The van der Waals surface area contributed by atoms with Crippen molar-refractivity contribution >= 4 is 23.4 Å². The monoisotopic (exact) mass is 376 g/mol. The van der Waals surface area contributed by atoms with E-state index < -0.39 is 11.6 Å². The Hall–Kier alpha value is -2.94. The summed E-state index contributed by atoms with van der Waals surface area (Å²) >= 11 is 1.08. The molecule has 0 aliphatic heterocycles. The van der Waals surface area contributed by atoms with Crippen molar-refractivity contribution < 1.29 is 18.3 Å². The number of H-pyrrole nitrogens is 1. The fraction of sp³-hybridized carbons (Fsp3) is 0.118. The van der Waals surface area contributed by atoms with Gasteiger partial charge in [-0.15, -0.1) is 5.10 Å². The molecule has 0 aliphatic rings. The number of hydrogen-bond acceptors (Lipinski definition) is 5. The predicted octanol–water partition coefficient (Wildman–Crippen LogP) is 3.39. The highest BCUT2D eigenvalue weighted by Gasteiger charge is 2.10. The molecule has 1 heterocycles. The quantitative estimate of drug-likeness (QED) is 0.618. The molecule has 0 saturated heterocycles. The van der Waals surface area contributed by atoms with Crippen LogP contribution in [0, 0.1) is 11.6 Å². The molecule has 0 radical (unpaired) electrons. The van der Waals surface area contributed by atoms with Crippen LogP contribution in [-0.2, 0) is 11.4 Å². The normalized spacial score (nSPS) is 10.5. The van der Waals surface area contributed by atoms with Crippen LogP contribution in [0.25, 0.3) is 0 Å². The Balaban J connectivity index is 1.48. The van der Waals surface area contributed by atoms with E-state index >= 15 is 0 Å². The standard InChI is InChI=1S/C17H14F2N4O2S/c18-11-5-1-3-7-13(11)20-16(24)10-26-17-21-15(22-23-17)9-25-14-8-4-2-6-12(14)19/h1-8H,9-10H2,(H,20,24)(H,21,22,23). The van der Waals surface area contributed by atoms with Crippen molar-refractivity contribution in [1.29, 1.82) is 0 Å². The van der Waals surface area contributed by atoms with Crippen LogP contribution >= 0.6 is 11.8 Å². The lowest BCUT2D eigenvalue weighted by Gasteiger charge is -2.04. The van der Waals surface area contributed by atoms with Gasteiger partial charge in [-0.05, 0) is 24.3 Å². The van der Waals surface area contributed by atoms with Gasteiger partial charge in [-0.2, -0.15) is 0 Å². The second-order valence-electron chi connectivity index (χ2n) is 5.10. The number of nitrogens with zero attached hydrogens (tertiary/aromatic N) is 2. The number of ether oxygens (including phenoxy) is 1. The number of carbonyl (C=O) groups is 1. The first-order chi connectivity index (χ1) is 12.6. The maximum Gasteiger partial charge on any atom is 0.234 e. The number of nitrogens with one attached hydrogen (secondary N) is 2. The van der Waals surface area contributed by atoms with Crippen molar-refractivity contribution in [3.63, 3.8) is 0 Å². The van der Waals surface area contributed by atoms with Gasteiger partial charge in [0.1, 0.15) is 12.4 Å². The van der Waals surface area contributed by atoms with E-state index in [0.29, 0.717) is 11.0 Å². The van der Waals surface area contributed by atoms with E-state index in [1.54, 1.807) is 18.2 Å². The average Bonchev–Trinajstić information content (AvgIpc) is 3.09. The lowest BCUT2D eigenvalue weighted by molar-refractivity contribution is -0.113. The zero-order valence-electron chi connectivity index (χ0n) is 13.4. The third-order valence-electron chi connectivity index (χ3n) is 3.19. The number of carbonyl (C=O) groups excluding carboxylic acids is 1. The minimum atomic E-state index is -0.503. The Morgan fingerprint density at radius 3 is 2.62 bits per heavy atom. The molecule has 134 valence electrons. The first-order valence-corrected chi connectivity index (χ1v) is 8.56. The lowest BCUT2D eigenvalue weighted by Crippen LogP contribution is -2.15. The highest BCUT2D eigenvalue weighted by molar-refractivity contribution is 7.99. The molecule has 0 bridgehead atoms. The summed E-state index contributed by atoms with van der Waals surface area (Å²) in [5.74, 6) is -0.829. The zero-order chi connectivity index (χ0) is 18.4. The predicted molar refractivity (Wildman–Crippen MR) is 92.9 cm³/mol. The third kappa shape index (κ3) is 4.79. The third-order valence-corrected chi connectivity index (χ3v) is 4.04. The molecular weight excluding hydrogens is 362 g/mol. The van der Waals surface area contributed by atoms with Gasteiger partial charge >= 0.3 is 0 Å². The molecule has 1 amide bonds. The molecule has 0 atom stereocenters. The summed E-state index contributed by atoms with van der Waals surface area (Å²) in [5.41, 5.74) is 0.118. The second kappa shape index (κ2) is 8.43. The number of hydrogen-bond donors (Lipinski definition) is 2. The zero-order valence-corrected chi connectivity index (χ0v) is 14.2. The Morgan fingerprint density at radius 1 is 1.12 bits per heavy atom. The number of thioether (sulfide) groups is 1. The van der Waals surface area contributed by atoms with E-state index in [1.807, 2.05) is 0 Å². The summed E-state index contributed by atoms with van der Waals surface area (Å²) in [6.45, 7) is 0.00984. The van der Waals surface area contributed by atoms with Crippen molar-refractivity contribution in [2.45, 2.75) is 11.8 Å². The number of aromatic nitrogens is 3. The molecule has 2 N–H and O–H groups in total. The van der Waals surface area contributed by atoms with Gasteiger partial charge in [0.2, 0.25) is 11.1 Å². The maximum absolute atomic E-state index is 13.5. The fourth-order valence-corrected chi connectivity index (χ4v) is 2.61. The van der Waals surface area contributed by atoms with Crippen LogP contribution in [0.3, 0.4) is 0 Å². The van der Waals surface area contributed by atoms with E-state index in [-0.39, 0.29) is 29.7 Å². The van der Waals surface area contributed by atoms with Crippen LogP contribution in [0.1, 0.15) is 5.82 Å². The van der Waals surface area contributed by atoms with Gasteiger partial charge in [0.05, 0.1) is 11.4 Å². The number of anilines is 1. The summed E-state index contributed by atoms with van der Waals surface area (Å²) in [5, 5.41) is 9.41. The highest BCUT2D eigenvalue weighted by Crippen LogP contribution is 2.18. The molecular formula is C17H14F2N4O2S. The number of halogens is 2. The first kappa shape index (κ1) is 17.9. The summed E-state index contributed by atoms with van der Waals surface area (Å²) in [6, 6.07) is 11.9. The Morgan fingerprint density at radius 2 is 1.85 bits per heavy atom. The maximum atomic E-state index is 13.5. The van der Waals surface area contributed by atoms with Crippen molar-refractivity contribution in [3.8, 4) is 5.75 Å². The molecule has 3 aromatic rings. The number of aromatic amines is 1. The Bertz CT molecular complexity index is 904. The second-order valence-corrected chi connectivity index (χ2v) is 6.04. The minimum absolute atomic E-state index is 0.00984. The molecule has 0 spiro atoms.